The van der Waals surface area contributed by atoms with Gasteiger partial charge in [-0.1, -0.05) is 32.1 Å². The van der Waals surface area contributed by atoms with Crippen molar-refractivity contribution in [3.8, 4) is 17.6 Å². The maximum absolute atomic E-state index is 5.92. The van der Waals surface area contributed by atoms with Gasteiger partial charge in [0.1, 0.15) is 5.75 Å². The summed E-state index contributed by atoms with van der Waals surface area (Å²) < 4.78 is 5.53. The van der Waals surface area contributed by atoms with Crippen LogP contribution in [0, 0.1) is 11.8 Å². The van der Waals surface area contributed by atoms with Crippen molar-refractivity contribution in [3.63, 3.8) is 0 Å². The maximum atomic E-state index is 5.92. The Morgan fingerprint density at radius 1 is 1.00 bits per heavy atom. The molecule has 0 unspecified atom stereocenters. The molecule has 2 N–H and O–H groups in total. The highest BCUT2D eigenvalue weighted by Crippen LogP contribution is 2.15. The summed E-state index contributed by atoms with van der Waals surface area (Å²) in [4.78, 5) is 0. The smallest absolute Gasteiger partial charge is 0.126 e. The van der Waals surface area contributed by atoms with Gasteiger partial charge in [-0.25, -0.2) is 0 Å². The molecule has 0 saturated carbocycles. The third kappa shape index (κ3) is 5.23. The van der Waals surface area contributed by atoms with Crippen LogP contribution in [-0.2, 0) is 6.42 Å². The molecule has 2 nitrogen and oxygen atoms in total. The van der Waals surface area contributed by atoms with E-state index >= 15 is 0 Å². The van der Waals surface area contributed by atoms with E-state index in [-0.39, 0.29) is 0 Å². The van der Waals surface area contributed by atoms with Crippen LogP contribution in [0.3, 0.4) is 0 Å². The van der Waals surface area contributed by atoms with Crippen molar-refractivity contribution in [3.05, 3.63) is 71.5 Å². The van der Waals surface area contributed by atoms with Gasteiger partial charge in [-0.2, -0.15) is 0 Å². The van der Waals surface area contributed by atoms with Crippen LogP contribution in [0.5, 0.6) is 5.75 Å². The second-order valence-corrected chi connectivity index (χ2v) is 5.32. The molecular weight excluding hydrogens is 282 g/mol. The van der Waals surface area contributed by atoms with Crippen molar-refractivity contribution in [1.29, 1.82) is 0 Å². The molecule has 2 heteroatoms. The zero-order valence-electron chi connectivity index (χ0n) is 13.8. The quantitative estimate of drug-likeness (QED) is 0.483. The molecule has 2 rings (SSSR count). The minimum Gasteiger partial charge on any atom is -0.465 e. The van der Waals surface area contributed by atoms with Crippen molar-refractivity contribution in [1.82, 2.24) is 0 Å². The highest BCUT2D eigenvalue weighted by molar-refractivity contribution is 5.53. The van der Waals surface area contributed by atoms with E-state index < -0.39 is 0 Å². The lowest BCUT2D eigenvalue weighted by atomic mass is 10.1. The highest BCUT2D eigenvalue weighted by atomic mass is 16.5. The van der Waals surface area contributed by atoms with Crippen molar-refractivity contribution in [2.45, 2.75) is 33.1 Å². The molecule has 0 radical (unpaired) electrons. The summed E-state index contributed by atoms with van der Waals surface area (Å²) in [5.74, 6) is 7.18. The van der Waals surface area contributed by atoms with Gasteiger partial charge >= 0.3 is 0 Å². The average Bonchev–Trinajstić information content (AvgIpc) is 2.59. The first-order valence-electron chi connectivity index (χ1n) is 8.05. The fourth-order valence-corrected chi connectivity index (χ4v) is 2.11. The van der Waals surface area contributed by atoms with Crippen LogP contribution >= 0.6 is 0 Å². The molecule has 0 aliphatic carbocycles. The Morgan fingerprint density at radius 3 is 2.39 bits per heavy atom. The highest BCUT2D eigenvalue weighted by Gasteiger charge is 1.97. The zero-order valence-corrected chi connectivity index (χ0v) is 13.8. The van der Waals surface area contributed by atoms with E-state index in [1.807, 2.05) is 42.5 Å². The number of hydrogen-bond acceptors (Lipinski definition) is 2. The number of hydrogen-bond donors (Lipinski definition) is 1. The molecule has 0 aliphatic heterocycles. The van der Waals surface area contributed by atoms with Crippen LogP contribution in [-0.4, -0.2) is 0 Å². The van der Waals surface area contributed by atoms with E-state index in [2.05, 4.69) is 31.8 Å². The van der Waals surface area contributed by atoms with E-state index in [4.69, 9.17) is 10.5 Å². The van der Waals surface area contributed by atoms with Gasteiger partial charge in [-0.3, -0.25) is 0 Å². The van der Waals surface area contributed by atoms with E-state index in [0.717, 1.165) is 47.4 Å². The van der Waals surface area contributed by atoms with Gasteiger partial charge in [-0.05, 0) is 66.9 Å². The lowest BCUT2D eigenvalue weighted by molar-refractivity contribution is 0.478. The lowest BCUT2D eigenvalue weighted by Gasteiger charge is -2.02. The summed E-state index contributed by atoms with van der Waals surface area (Å²) in [6, 6.07) is 13.7. The van der Waals surface area contributed by atoms with E-state index in [0.29, 0.717) is 0 Å². The van der Waals surface area contributed by atoms with Gasteiger partial charge in [0.25, 0.3) is 0 Å². The molecule has 0 fully saturated rings. The molecular formula is C21H23NO. The SMILES string of the molecule is CCCC=COc1ccc(C#Cc2ccc(N)c(CC)c2)cc1. The number of unbranched alkanes of at least 4 members (excludes halogenated alkanes) is 1. The summed E-state index contributed by atoms with van der Waals surface area (Å²) in [6.45, 7) is 4.24. The number of nitrogen functional groups attached to an aromatic ring is 1. The molecule has 0 aromatic heterocycles. The van der Waals surface area contributed by atoms with E-state index in [9.17, 15) is 0 Å². The molecule has 2 aromatic carbocycles. The molecule has 23 heavy (non-hydrogen) atoms. The Hall–Kier alpha value is -2.66. The van der Waals surface area contributed by atoms with Crippen LogP contribution in [0.25, 0.3) is 0 Å². The van der Waals surface area contributed by atoms with Crippen LogP contribution in [0.2, 0.25) is 0 Å². The largest absolute Gasteiger partial charge is 0.465 e. The van der Waals surface area contributed by atoms with Crippen molar-refractivity contribution in [2.24, 2.45) is 0 Å². The lowest BCUT2D eigenvalue weighted by Crippen LogP contribution is -1.93. The van der Waals surface area contributed by atoms with Gasteiger partial charge in [-0.15, -0.1) is 0 Å². The second-order valence-electron chi connectivity index (χ2n) is 5.32. The Bertz CT molecular complexity index is 718. The third-order valence-electron chi connectivity index (χ3n) is 3.49. The third-order valence-corrected chi connectivity index (χ3v) is 3.49. The van der Waals surface area contributed by atoms with Crippen LogP contribution < -0.4 is 10.5 Å². The molecule has 0 amide bonds. The normalized spacial score (nSPS) is 10.3. The molecule has 0 bridgehead atoms. The number of ether oxygens (including phenoxy) is 1. The van der Waals surface area contributed by atoms with Crippen molar-refractivity contribution in [2.75, 3.05) is 5.73 Å². The first kappa shape index (κ1) is 16.7. The molecule has 118 valence electrons. The summed E-state index contributed by atoms with van der Waals surface area (Å²) in [7, 11) is 0. The molecule has 0 heterocycles. The van der Waals surface area contributed by atoms with Gasteiger partial charge in [0.2, 0.25) is 0 Å². The number of benzene rings is 2. The van der Waals surface area contributed by atoms with Gasteiger partial charge < -0.3 is 10.5 Å². The second kappa shape index (κ2) is 8.70. The molecule has 2 aromatic rings. The molecule has 0 atom stereocenters. The minimum absolute atomic E-state index is 0.823. The predicted octanol–water partition coefficient (Wildman–Crippen LogP) is 4.92. The minimum atomic E-state index is 0.823. The number of allylic oxidation sites excluding steroid dienone is 1. The zero-order chi connectivity index (χ0) is 16.5. The Kier molecular flexibility index (Phi) is 6.32. The van der Waals surface area contributed by atoms with Crippen LogP contribution in [0.1, 0.15) is 43.4 Å². The first-order chi connectivity index (χ1) is 11.2. The maximum Gasteiger partial charge on any atom is 0.126 e. The first-order valence-corrected chi connectivity index (χ1v) is 8.05. The van der Waals surface area contributed by atoms with E-state index in [1.165, 1.54) is 0 Å². The van der Waals surface area contributed by atoms with Gasteiger partial charge in [0.05, 0.1) is 6.26 Å². The van der Waals surface area contributed by atoms with Crippen molar-refractivity contribution < 1.29 is 4.74 Å². The average molecular weight is 305 g/mol. The topological polar surface area (TPSA) is 35.2 Å². The number of rotatable bonds is 5. The Labute approximate surface area is 139 Å². The fourth-order valence-electron chi connectivity index (χ4n) is 2.11. The van der Waals surface area contributed by atoms with Crippen LogP contribution in [0.15, 0.2) is 54.8 Å². The van der Waals surface area contributed by atoms with Crippen molar-refractivity contribution >= 4 is 5.69 Å². The van der Waals surface area contributed by atoms with E-state index in [1.54, 1.807) is 6.26 Å². The summed E-state index contributed by atoms with van der Waals surface area (Å²) in [5, 5.41) is 0. The summed E-state index contributed by atoms with van der Waals surface area (Å²) in [6.07, 6.45) is 6.84. The molecule has 0 aliphatic rings. The summed E-state index contributed by atoms with van der Waals surface area (Å²) >= 11 is 0. The molecule has 0 spiro atoms. The number of anilines is 1. The summed E-state index contributed by atoms with van der Waals surface area (Å²) in [5.41, 5.74) is 9.83. The fraction of sp³-hybridized carbons (Fsp3) is 0.238. The standard InChI is InChI=1S/C21H23NO/c1-3-5-6-15-23-20-12-9-17(10-13-20)7-8-18-11-14-21(22)19(4-2)16-18/h6,9-16H,3-5,22H2,1-2H3. The Morgan fingerprint density at radius 2 is 1.70 bits per heavy atom. The predicted molar refractivity (Wildman–Crippen MR) is 97.3 cm³/mol. The monoisotopic (exact) mass is 305 g/mol. The number of nitrogens with two attached hydrogens (primary N) is 1. The number of aryl methyl sites for hydroxylation is 1. The van der Waals surface area contributed by atoms with Gasteiger partial charge in [0.15, 0.2) is 0 Å². The molecule has 0 saturated heterocycles. The van der Waals surface area contributed by atoms with Gasteiger partial charge in [0, 0.05) is 16.8 Å². The van der Waals surface area contributed by atoms with Crippen LogP contribution in [0.4, 0.5) is 5.69 Å². The Balaban J connectivity index is 2.04.